The fourth-order valence-electron chi connectivity index (χ4n) is 3.91. The van der Waals surface area contributed by atoms with Gasteiger partial charge in [0.05, 0.1) is 6.20 Å². The van der Waals surface area contributed by atoms with Crippen LogP contribution in [0.2, 0.25) is 0 Å². The minimum Gasteiger partial charge on any atom is -0.300 e. The first-order valence-corrected chi connectivity index (χ1v) is 7.20. The minimum atomic E-state index is 0.455. The van der Waals surface area contributed by atoms with E-state index in [1.807, 2.05) is 19.4 Å². The van der Waals surface area contributed by atoms with E-state index < -0.39 is 0 Å². The second-order valence-electron chi connectivity index (χ2n) is 6.20. The number of Topliss-reactive ketones (excluding diaryl/α,β-unsaturated/α-hetero) is 1. The standard InChI is InChI=1S/C15H22N2O/c1-17-10-12(9-16-17)3-5-15(18)8-14-7-11-2-4-13(14)6-11/h9-11,13-14H,2-8H2,1H3. The quantitative estimate of drug-likeness (QED) is 0.800. The Morgan fingerprint density at radius 2 is 2.33 bits per heavy atom. The molecule has 18 heavy (non-hydrogen) atoms. The molecule has 3 rings (SSSR count). The van der Waals surface area contributed by atoms with Crippen LogP contribution in [0.15, 0.2) is 12.4 Å². The molecule has 1 aromatic rings. The summed E-state index contributed by atoms with van der Waals surface area (Å²) < 4.78 is 1.80. The van der Waals surface area contributed by atoms with Gasteiger partial charge in [-0.25, -0.2) is 0 Å². The van der Waals surface area contributed by atoms with E-state index in [1.54, 1.807) is 4.68 Å². The van der Waals surface area contributed by atoms with E-state index in [4.69, 9.17) is 0 Å². The Bertz CT molecular complexity index is 437. The topological polar surface area (TPSA) is 34.9 Å². The van der Waals surface area contributed by atoms with Crippen LogP contribution in [0.25, 0.3) is 0 Å². The van der Waals surface area contributed by atoms with E-state index >= 15 is 0 Å². The second-order valence-corrected chi connectivity index (χ2v) is 6.20. The normalized spacial score (nSPS) is 29.9. The molecule has 2 saturated carbocycles. The number of hydrogen-bond donors (Lipinski definition) is 0. The van der Waals surface area contributed by atoms with E-state index in [2.05, 4.69) is 5.10 Å². The molecule has 0 N–H and O–H groups in total. The molecule has 0 aromatic carbocycles. The number of ketones is 1. The molecule has 1 heterocycles. The molecule has 3 unspecified atom stereocenters. The first kappa shape index (κ1) is 11.9. The van der Waals surface area contributed by atoms with Crippen molar-refractivity contribution in [1.82, 2.24) is 9.78 Å². The number of aryl methyl sites for hydroxylation is 2. The highest BCUT2D eigenvalue weighted by atomic mass is 16.1. The number of carbonyl (C=O) groups is 1. The molecule has 3 atom stereocenters. The van der Waals surface area contributed by atoms with Crippen molar-refractivity contribution < 1.29 is 4.79 Å². The molecule has 2 fully saturated rings. The molecule has 0 radical (unpaired) electrons. The molecule has 2 aliphatic carbocycles. The van der Waals surface area contributed by atoms with Gasteiger partial charge in [-0.05, 0) is 49.0 Å². The molecule has 2 bridgehead atoms. The van der Waals surface area contributed by atoms with Crippen LogP contribution in [-0.2, 0) is 18.3 Å². The highest BCUT2D eigenvalue weighted by molar-refractivity contribution is 5.78. The van der Waals surface area contributed by atoms with E-state index in [0.717, 1.165) is 24.7 Å². The van der Waals surface area contributed by atoms with E-state index in [-0.39, 0.29) is 0 Å². The summed E-state index contributed by atoms with van der Waals surface area (Å²) in [6.07, 6.45) is 11.8. The summed E-state index contributed by atoms with van der Waals surface area (Å²) in [6.45, 7) is 0. The zero-order valence-corrected chi connectivity index (χ0v) is 11.1. The highest BCUT2D eigenvalue weighted by Gasteiger charge is 2.39. The lowest BCUT2D eigenvalue weighted by atomic mass is 9.84. The van der Waals surface area contributed by atoms with Gasteiger partial charge >= 0.3 is 0 Å². The zero-order valence-electron chi connectivity index (χ0n) is 11.1. The van der Waals surface area contributed by atoms with Gasteiger partial charge in [-0.3, -0.25) is 9.48 Å². The smallest absolute Gasteiger partial charge is 0.133 e. The van der Waals surface area contributed by atoms with E-state index in [0.29, 0.717) is 18.1 Å². The van der Waals surface area contributed by atoms with Gasteiger partial charge in [-0.15, -0.1) is 0 Å². The van der Waals surface area contributed by atoms with Crippen LogP contribution >= 0.6 is 0 Å². The van der Waals surface area contributed by atoms with Crippen molar-refractivity contribution in [1.29, 1.82) is 0 Å². The Labute approximate surface area is 109 Å². The maximum Gasteiger partial charge on any atom is 0.133 e. The summed E-state index contributed by atoms with van der Waals surface area (Å²) >= 11 is 0. The fourth-order valence-corrected chi connectivity index (χ4v) is 3.91. The summed E-state index contributed by atoms with van der Waals surface area (Å²) in [5.74, 6) is 2.99. The third-order valence-corrected chi connectivity index (χ3v) is 4.83. The van der Waals surface area contributed by atoms with Gasteiger partial charge in [-0.2, -0.15) is 5.10 Å². The number of carbonyl (C=O) groups excluding carboxylic acids is 1. The van der Waals surface area contributed by atoms with Crippen molar-refractivity contribution in [2.45, 2.75) is 44.9 Å². The number of nitrogens with zero attached hydrogens (tertiary/aromatic N) is 2. The second kappa shape index (κ2) is 4.87. The first-order valence-electron chi connectivity index (χ1n) is 7.20. The van der Waals surface area contributed by atoms with Crippen molar-refractivity contribution in [2.24, 2.45) is 24.8 Å². The summed E-state index contributed by atoms with van der Waals surface area (Å²) in [6, 6.07) is 0. The number of fused-ring (bicyclic) bond motifs is 2. The monoisotopic (exact) mass is 246 g/mol. The van der Waals surface area contributed by atoms with Crippen molar-refractivity contribution in [3.8, 4) is 0 Å². The Balaban J connectivity index is 1.45. The van der Waals surface area contributed by atoms with Crippen molar-refractivity contribution in [3.05, 3.63) is 18.0 Å². The van der Waals surface area contributed by atoms with Crippen LogP contribution in [0.4, 0.5) is 0 Å². The third-order valence-electron chi connectivity index (χ3n) is 4.83. The molecule has 0 spiro atoms. The molecule has 0 saturated heterocycles. The zero-order chi connectivity index (χ0) is 12.5. The number of aromatic nitrogens is 2. The SMILES string of the molecule is Cn1cc(CCC(=O)CC2CC3CCC2C3)cn1. The summed E-state index contributed by atoms with van der Waals surface area (Å²) in [4.78, 5) is 12.0. The largest absolute Gasteiger partial charge is 0.300 e. The lowest BCUT2D eigenvalue weighted by molar-refractivity contribution is -0.120. The lowest BCUT2D eigenvalue weighted by Gasteiger charge is -2.20. The van der Waals surface area contributed by atoms with Gasteiger partial charge in [0.1, 0.15) is 5.78 Å². The van der Waals surface area contributed by atoms with Crippen LogP contribution in [0.5, 0.6) is 0 Å². The molecule has 3 heteroatoms. The van der Waals surface area contributed by atoms with E-state index in [9.17, 15) is 4.79 Å². The molecular formula is C15H22N2O. The maximum atomic E-state index is 12.0. The van der Waals surface area contributed by atoms with Crippen molar-refractivity contribution >= 4 is 5.78 Å². The van der Waals surface area contributed by atoms with Gasteiger partial charge < -0.3 is 0 Å². The molecule has 0 amide bonds. The average molecular weight is 246 g/mol. The Morgan fingerprint density at radius 3 is 2.94 bits per heavy atom. The van der Waals surface area contributed by atoms with Crippen LogP contribution < -0.4 is 0 Å². The van der Waals surface area contributed by atoms with Gasteiger partial charge in [0.2, 0.25) is 0 Å². The molecule has 1 aromatic heterocycles. The van der Waals surface area contributed by atoms with Crippen LogP contribution in [0, 0.1) is 17.8 Å². The van der Waals surface area contributed by atoms with Crippen molar-refractivity contribution in [2.75, 3.05) is 0 Å². The Kier molecular flexibility index (Phi) is 3.23. The summed E-state index contributed by atoms with van der Waals surface area (Å²) in [5.41, 5.74) is 1.18. The highest BCUT2D eigenvalue weighted by Crippen LogP contribution is 2.49. The molecular weight excluding hydrogens is 224 g/mol. The average Bonchev–Trinajstić information content (AvgIpc) is 3.03. The molecule has 98 valence electrons. The molecule has 2 aliphatic rings. The molecule has 0 aliphatic heterocycles. The number of rotatable bonds is 5. The predicted octanol–water partition coefficient (Wildman–Crippen LogP) is 2.75. The van der Waals surface area contributed by atoms with Crippen molar-refractivity contribution in [3.63, 3.8) is 0 Å². The van der Waals surface area contributed by atoms with E-state index in [1.165, 1.54) is 31.2 Å². The molecule has 3 nitrogen and oxygen atoms in total. The Morgan fingerprint density at radius 1 is 1.44 bits per heavy atom. The first-order chi connectivity index (χ1) is 8.70. The van der Waals surface area contributed by atoms with Crippen LogP contribution in [0.1, 0.15) is 44.1 Å². The predicted molar refractivity (Wildman–Crippen MR) is 70.1 cm³/mol. The lowest BCUT2D eigenvalue weighted by Crippen LogP contribution is -2.15. The van der Waals surface area contributed by atoms with Crippen LogP contribution in [-0.4, -0.2) is 15.6 Å². The fraction of sp³-hybridized carbons (Fsp3) is 0.733. The summed E-state index contributed by atoms with van der Waals surface area (Å²) in [5, 5.41) is 4.13. The van der Waals surface area contributed by atoms with Gasteiger partial charge in [0.15, 0.2) is 0 Å². The van der Waals surface area contributed by atoms with Crippen LogP contribution in [0.3, 0.4) is 0 Å². The van der Waals surface area contributed by atoms with Gasteiger partial charge in [0, 0.05) is 26.1 Å². The third kappa shape index (κ3) is 2.50. The van der Waals surface area contributed by atoms with Gasteiger partial charge in [0.25, 0.3) is 0 Å². The Hall–Kier alpha value is -1.12. The maximum absolute atomic E-state index is 12.0. The number of hydrogen-bond acceptors (Lipinski definition) is 2. The minimum absolute atomic E-state index is 0.455. The van der Waals surface area contributed by atoms with Gasteiger partial charge in [-0.1, -0.05) is 6.42 Å². The summed E-state index contributed by atoms with van der Waals surface area (Å²) in [7, 11) is 1.92.